The largest absolute Gasteiger partial charge is 0.478 e. The summed E-state index contributed by atoms with van der Waals surface area (Å²) in [5.74, 6) is -0.525. The van der Waals surface area contributed by atoms with Crippen molar-refractivity contribution in [2.75, 3.05) is 13.2 Å². The molecule has 0 bridgehead atoms. The van der Waals surface area contributed by atoms with Gasteiger partial charge in [0.2, 0.25) is 5.88 Å². The zero-order valence-corrected chi connectivity index (χ0v) is 22.3. The molecule has 0 unspecified atom stereocenters. The zero-order valence-electron chi connectivity index (χ0n) is 21.6. The fourth-order valence-corrected chi connectivity index (χ4v) is 5.31. The number of carboxylic acid groups (broad SMARTS) is 1. The molecule has 1 fully saturated rings. The lowest BCUT2D eigenvalue weighted by atomic mass is 10.0. The SMILES string of the molecule is O=C(O)c1ccc2nc(CN3CCc4cc(CF)c(OCc5ccc(Cl)cc5F)nc4C3)n(C[C@@H]3CCO3)c2c1. The number of halogens is 3. The summed E-state index contributed by atoms with van der Waals surface area (Å²) in [6.45, 7) is 2.21. The van der Waals surface area contributed by atoms with Gasteiger partial charge >= 0.3 is 5.97 Å². The molecule has 6 rings (SSSR count). The maximum atomic E-state index is 14.2. The summed E-state index contributed by atoms with van der Waals surface area (Å²) < 4.78 is 41.6. The summed E-state index contributed by atoms with van der Waals surface area (Å²) in [4.78, 5) is 23.3. The summed E-state index contributed by atoms with van der Waals surface area (Å²) in [6, 6.07) is 11.1. The Bertz CT molecular complexity index is 1590. The van der Waals surface area contributed by atoms with E-state index in [9.17, 15) is 18.7 Å². The number of fused-ring (bicyclic) bond motifs is 2. The monoisotopic (exact) mass is 568 g/mol. The fourth-order valence-electron chi connectivity index (χ4n) is 5.15. The van der Waals surface area contributed by atoms with Crippen LogP contribution in [-0.4, -0.2) is 49.8 Å². The van der Waals surface area contributed by atoms with Crippen LogP contribution in [0.4, 0.5) is 8.78 Å². The third kappa shape index (κ3) is 5.39. The Kier molecular flexibility index (Phi) is 7.39. The van der Waals surface area contributed by atoms with Crippen molar-refractivity contribution in [2.24, 2.45) is 0 Å². The topological polar surface area (TPSA) is 89.7 Å². The fraction of sp³-hybridized carbons (Fsp3) is 0.345. The molecule has 2 aromatic carbocycles. The minimum Gasteiger partial charge on any atom is -0.478 e. The molecule has 0 saturated carbocycles. The van der Waals surface area contributed by atoms with Gasteiger partial charge in [0.15, 0.2) is 0 Å². The van der Waals surface area contributed by atoms with E-state index >= 15 is 0 Å². The first-order chi connectivity index (χ1) is 19.4. The van der Waals surface area contributed by atoms with E-state index in [1.807, 2.05) is 0 Å². The van der Waals surface area contributed by atoms with Gasteiger partial charge in [-0.2, -0.15) is 0 Å². The molecule has 2 aliphatic heterocycles. The van der Waals surface area contributed by atoms with E-state index in [2.05, 4.69) is 14.5 Å². The van der Waals surface area contributed by atoms with E-state index in [0.717, 1.165) is 47.7 Å². The molecule has 8 nitrogen and oxygen atoms in total. The highest BCUT2D eigenvalue weighted by molar-refractivity contribution is 6.30. The van der Waals surface area contributed by atoms with Gasteiger partial charge in [-0.15, -0.1) is 0 Å². The lowest BCUT2D eigenvalue weighted by Crippen LogP contribution is -2.34. The van der Waals surface area contributed by atoms with Crippen LogP contribution in [0.1, 0.15) is 45.0 Å². The minimum absolute atomic E-state index is 0.0673. The number of carbonyl (C=O) groups is 1. The Balaban J connectivity index is 1.24. The van der Waals surface area contributed by atoms with E-state index in [1.54, 1.807) is 30.3 Å². The number of nitrogens with zero attached hydrogens (tertiary/aromatic N) is 4. The molecule has 0 amide bonds. The van der Waals surface area contributed by atoms with Crippen molar-refractivity contribution in [2.45, 2.75) is 51.9 Å². The summed E-state index contributed by atoms with van der Waals surface area (Å²) in [5, 5.41) is 9.78. The molecule has 4 heterocycles. The van der Waals surface area contributed by atoms with Crippen molar-refractivity contribution in [3.63, 3.8) is 0 Å². The first kappa shape index (κ1) is 26.6. The molecule has 0 aliphatic carbocycles. The lowest BCUT2D eigenvalue weighted by Gasteiger charge is -2.30. The Labute approximate surface area is 234 Å². The van der Waals surface area contributed by atoms with Crippen LogP contribution in [0.2, 0.25) is 5.02 Å². The number of ether oxygens (including phenoxy) is 2. The molecule has 0 spiro atoms. The zero-order chi connectivity index (χ0) is 27.8. The second kappa shape index (κ2) is 11.1. The van der Waals surface area contributed by atoms with E-state index in [1.165, 1.54) is 12.1 Å². The third-order valence-electron chi connectivity index (χ3n) is 7.44. The normalized spacial score (nSPS) is 17.0. The number of aromatic carboxylic acids is 1. The first-order valence-corrected chi connectivity index (χ1v) is 13.5. The summed E-state index contributed by atoms with van der Waals surface area (Å²) in [5.41, 5.74) is 4.06. The molecule has 2 aliphatic rings. The summed E-state index contributed by atoms with van der Waals surface area (Å²) in [7, 11) is 0. The van der Waals surface area contributed by atoms with Crippen LogP contribution in [-0.2, 0) is 44.1 Å². The number of aromatic nitrogens is 3. The predicted octanol–water partition coefficient (Wildman–Crippen LogP) is 5.32. The number of hydrogen-bond acceptors (Lipinski definition) is 6. The van der Waals surface area contributed by atoms with Gasteiger partial charge < -0.3 is 19.1 Å². The van der Waals surface area contributed by atoms with Crippen molar-refractivity contribution < 1.29 is 28.2 Å². The van der Waals surface area contributed by atoms with Crippen LogP contribution >= 0.6 is 11.6 Å². The Morgan fingerprint density at radius 3 is 2.75 bits per heavy atom. The molecule has 2 aromatic heterocycles. The number of imidazole rings is 1. The van der Waals surface area contributed by atoms with Crippen molar-refractivity contribution in [3.8, 4) is 5.88 Å². The Morgan fingerprint density at radius 1 is 1.18 bits per heavy atom. The van der Waals surface area contributed by atoms with Crippen LogP contribution in [0.25, 0.3) is 11.0 Å². The minimum atomic E-state index is -0.987. The number of hydrogen-bond donors (Lipinski definition) is 1. The number of benzene rings is 2. The van der Waals surface area contributed by atoms with Crippen LogP contribution in [0.5, 0.6) is 5.88 Å². The molecule has 1 saturated heterocycles. The summed E-state index contributed by atoms with van der Waals surface area (Å²) in [6.07, 6.45) is 1.69. The van der Waals surface area contributed by atoms with Crippen LogP contribution < -0.4 is 4.74 Å². The van der Waals surface area contributed by atoms with E-state index in [4.69, 9.17) is 26.1 Å². The predicted molar refractivity (Wildman–Crippen MR) is 144 cm³/mol. The Hall–Kier alpha value is -3.60. The molecule has 1 atom stereocenters. The maximum absolute atomic E-state index is 14.2. The molecule has 0 radical (unpaired) electrons. The molecule has 11 heteroatoms. The van der Waals surface area contributed by atoms with E-state index < -0.39 is 18.5 Å². The second-order valence-electron chi connectivity index (χ2n) is 10.1. The van der Waals surface area contributed by atoms with Gasteiger partial charge in [-0.05, 0) is 54.8 Å². The van der Waals surface area contributed by atoms with Gasteiger partial charge in [-0.25, -0.2) is 23.5 Å². The number of rotatable bonds is 9. The van der Waals surface area contributed by atoms with Gasteiger partial charge in [0.05, 0.1) is 41.5 Å². The number of pyridine rings is 1. The van der Waals surface area contributed by atoms with Crippen LogP contribution in [0.3, 0.4) is 0 Å². The van der Waals surface area contributed by atoms with E-state index in [0.29, 0.717) is 37.2 Å². The lowest BCUT2D eigenvalue weighted by molar-refractivity contribution is -0.0592. The highest BCUT2D eigenvalue weighted by atomic mass is 35.5. The Morgan fingerprint density at radius 2 is 2.02 bits per heavy atom. The van der Waals surface area contributed by atoms with E-state index in [-0.39, 0.29) is 29.2 Å². The molecule has 4 aromatic rings. The van der Waals surface area contributed by atoms with Gasteiger partial charge in [0, 0.05) is 35.8 Å². The van der Waals surface area contributed by atoms with Crippen molar-refractivity contribution in [1.82, 2.24) is 19.4 Å². The second-order valence-corrected chi connectivity index (χ2v) is 10.5. The van der Waals surface area contributed by atoms with Gasteiger partial charge in [0.25, 0.3) is 0 Å². The third-order valence-corrected chi connectivity index (χ3v) is 7.68. The molecular weight excluding hydrogens is 542 g/mol. The van der Waals surface area contributed by atoms with Crippen LogP contribution in [0.15, 0.2) is 42.5 Å². The molecule has 40 heavy (non-hydrogen) atoms. The molecule has 1 N–H and O–H groups in total. The maximum Gasteiger partial charge on any atom is 0.335 e. The van der Waals surface area contributed by atoms with Crippen molar-refractivity contribution in [1.29, 1.82) is 0 Å². The summed E-state index contributed by atoms with van der Waals surface area (Å²) >= 11 is 5.84. The number of carboxylic acids is 1. The quantitative estimate of drug-likeness (QED) is 0.292. The van der Waals surface area contributed by atoms with Gasteiger partial charge in [-0.3, -0.25) is 4.90 Å². The highest BCUT2D eigenvalue weighted by Crippen LogP contribution is 2.29. The van der Waals surface area contributed by atoms with Crippen molar-refractivity contribution >= 4 is 28.6 Å². The standard InChI is InChI=1S/C29H27ClF2N4O4/c30-21-3-1-19(23(32)11-21)16-40-28-20(12-31)9-17-5-7-35(14-25(17)34-28)15-27-33-24-4-2-18(29(37)38)10-26(24)36(27)13-22-6-8-39-22/h1-4,9-11,22H,5-8,12-16H2,(H,37,38)/t22-/m0/s1. The molecular formula is C29H27ClF2N4O4. The first-order valence-electron chi connectivity index (χ1n) is 13.1. The molecule has 208 valence electrons. The van der Waals surface area contributed by atoms with Gasteiger partial charge in [0.1, 0.15) is 24.9 Å². The average molecular weight is 569 g/mol. The highest BCUT2D eigenvalue weighted by Gasteiger charge is 2.26. The van der Waals surface area contributed by atoms with Crippen molar-refractivity contribution in [3.05, 3.63) is 87.1 Å². The smallest absolute Gasteiger partial charge is 0.335 e. The number of alkyl halides is 1. The average Bonchev–Trinajstić information content (AvgIpc) is 3.25. The van der Waals surface area contributed by atoms with Crippen LogP contribution in [0, 0.1) is 5.82 Å². The van der Waals surface area contributed by atoms with Gasteiger partial charge in [-0.1, -0.05) is 17.7 Å².